The lowest BCUT2D eigenvalue weighted by Gasteiger charge is -2.00. The van der Waals surface area contributed by atoms with E-state index < -0.39 is 5.97 Å². The van der Waals surface area contributed by atoms with E-state index in [0.29, 0.717) is 6.42 Å². The summed E-state index contributed by atoms with van der Waals surface area (Å²) in [5, 5.41) is 8.51. The lowest BCUT2D eigenvalue weighted by molar-refractivity contribution is -0.137. The van der Waals surface area contributed by atoms with E-state index in [1.165, 1.54) is 37.7 Å². The van der Waals surface area contributed by atoms with Crippen LogP contribution in [0.5, 0.6) is 0 Å². The summed E-state index contributed by atoms with van der Waals surface area (Å²) in [5.74, 6) is -0.671. The van der Waals surface area contributed by atoms with Gasteiger partial charge in [-0.3, -0.25) is 4.79 Å². The SMILES string of the molecule is O=C(O)CCCCCCCCCC=Cc1ccccc1. The van der Waals surface area contributed by atoms with Crippen molar-refractivity contribution in [2.24, 2.45) is 0 Å². The van der Waals surface area contributed by atoms with Crippen LogP contribution in [0.2, 0.25) is 0 Å². The molecular formula is C18H26O2. The molecule has 0 bridgehead atoms. The predicted octanol–water partition coefficient (Wildman–Crippen LogP) is 5.30. The zero-order valence-corrected chi connectivity index (χ0v) is 12.3. The molecule has 0 spiro atoms. The second-order valence-electron chi connectivity index (χ2n) is 5.22. The van der Waals surface area contributed by atoms with Crippen molar-refractivity contribution in [3.8, 4) is 0 Å². The van der Waals surface area contributed by atoms with Crippen molar-refractivity contribution in [1.29, 1.82) is 0 Å². The molecule has 1 N–H and O–H groups in total. The van der Waals surface area contributed by atoms with Crippen LogP contribution in [0.15, 0.2) is 36.4 Å². The number of hydrogen-bond acceptors (Lipinski definition) is 1. The summed E-state index contributed by atoms with van der Waals surface area (Å²) in [4.78, 5) is 10.3. The maximum atomic E-state index is 10.3. The van der Waals surface area contributed by atoms with Crippen molar-refractivity contribution in [3.63, 3.8) is 0 Å². The van der Waals surface area contributed by atoms with Crippen molar-refractivity contribution in [1.82, 2.24) is 0 Å². The summed E-state index contributed by atoms with van der Waals surface area (Å²) in [6.07, 6.45) is 14.0. The van der Waals surface area contributed by atoms with E-state index in [9.17, 15) is 4.79 Å². The third-order valence-corrected chi connectivity index (χ3v) is 3.37. The predicted molar refractivity (Wildman–Crippen MR) is 84.7 cm³/mol. The van der Waals surface area contributed by atoms with Gasteiger partial charge in [-0.15, -0.1) is 0 Å². The molecule has 20 heavy (non-hydrogen) atoms. The Labute approximate surface area is 122 Å². The highest BCUT2D eigenvalue weighted by molar-refractivity contribution is 5.66. The minimum Gasteiger partial charge on any atom is -0.481 e. The van der Waals surface area contributed by atoms with Gasteiger partial charge >= 0.3 is 5.97 Å². The lowest BCUT2D eigenvalue weighted by Crippen LogP contribution is -1.93. The van der Waals surface area contributed by atoms with Crippen molar-refractivity contribution in [2.75, 3.05) is 0 Å². The number of rotatable bonds is 11. The number of carboxylic acids is 1. The molecule has 0 saturated heterocycles. The molecule has 1 aromatic carbocycles. The standard InChI is InChI=1S/C18H26O2/c19-18(20)16-12-7-5-3-1-2-4-6-9-13-17-14-10-8-11-15-17/h8-11,13-15H,1-7,12,16H2,(H,19,20). The molecule has 0 saturated carbocycles. The van der Waals surface area contributed by atoms with E-state index in [1.807, 2.05) is 6.07 Å². The van der Waals surface area contributed by atoms with Gasteiger partial charge in [0, 0.05) is 6.42 Å². The second kappa shape index (κ2) is 11.3. The van der Waals surface area contributed by atoms with Gasteiger partial charge in [0.25, 0.3) is 0 Å². The smallest absolute Gasteiger partial charge is 0.303 e. The van der Waals surface area contributed by atoms with E-state index in [-0.39, 0.29) is 0 Å². The van der Waals surface area contributed by atoms with Gasteiger partial charge < -0.3 is 5.11 Å². The number of benzene rings is 1. The van der Waals surface area contributed by atoms with Gasteiger partial charge in [-0.2, -0.15) is 0 Å². The number of carboxylic acid groups (broad SMARTS) is 1. The zero-order valence-electron chi connectivity index (χ0n) is 12.3. The fourth-order valence-electron chi connectivity index (χ4n) is 2.21. The fourth-order valence-corrected chi connectivity index (χ4v) is 2.21. The van der Waals surface area contributed by atoms with Crippen molar-refractivity contribution >= 4 is 12.0 Å². The van der Waals surface area contributed by atoms with E-state index in [1.54, 1.807) is 0 Å². The van der Waals surface area contributed by atoms with Crippen molar-refractivity contribution in [2.45, 2.75) is 57.8 Å². The van der Waals surface area contributed by atoms with E-state index in [4.69, 9.17) is 5.11 Å². The summed E-state index contributed by atoms with van der Waals surface area (Å²) in [6, 6.07) is 10.4. The summed E-state index contributed by atoms with van der Waals surface area (Å²) in [5.41, 5.74) is 1.27. The highest BCUT2D eigenvalue weighted by Gasteiger charge is 1.96. The average Bonchev–Trinajstić information content (AvgIpc) is 2.45. The lowest BCUT2D eigenvalue weighted by atomic mass is 10.1. The Kier molecular flexibility index (Phi) is 9.29. The number of carbonyl (C=O) groups is 1. The molecule has 0 aromatic heterocycles. The Balaban J connectivity index is 1.88. The van der Waals surface area contributed by atoms with Gasteiger partial charge in [0.1, 0.15) is 0 Å². The van der Waals surface area contributed by atoms with Gasteiger partial charge in [0.15, 0.2) is 0 Å². The van der Waals surface area contributed by atoms with Gasteiger partial charge in [-0.25, -0.2) is 0 Å². The molecule has 0 aliphatic rings. The molecule has 0 fully saturated rings. The Bertz CT molecular complexity index is 382. The van der Waals surface area contributed by atoms with Crippen LogP contribution in [0.1, 0.15) is 63.4 Å². The van der Waals surface area contributed by atoms with Crippen LogP contribution in [0, 0.1) is 0 Å². The number of unbranched alkanes of at least 4 members (excludes halogenated alkanes) is 7. The van der Waals surface area contributed by atoms with Gasteiger partial charge in [0.05, 0.1) is 0 Å². The van der Waals surface area contributed by atoms with Crippen LogP contribution >= 0.6 is 0 Å². The first-order valence-corrected chi connectivity index (χ1v) is 7.72. The van der Waals surface area contributed by atoms with Gasteiger partial charge in [-0.05, 0) is 24.8 Å². The van der Waals surface area contributed by atoms with Crippen LogP contribution in [-0.4, -0.2) is 11.1 Å². The summed E-state index contributed by atoms with van der Waals surface area (Å²) in [7, 11) is 0. The molecule has 0 aliphatic carbocycles. The Hall–Kier alpha value is -1.57. The van der Waals surface area contributed by atoms with Crippen LogP contribution < -0.4 is 0 Å². The topological polar surface area (TPSA) is 37.3 Å². The molecule has 1 rings (SSSR count). The molecule has 0 amide bonds. The number of aliphatic carboxylic acids is 1. The van der Waals surface area contributed by atoms with Crippen molar-refractivity contribution < 1.29 is 9.90 Å². The maximum absolute atomic E-state index is 10.3. The molecule has 0 radical (unpaired) electrons. The molecule has 0 heterocycles. The quantitative estimate of drug-likeness (QED) is 0.556. The summed E-state index contributed by atoms with van der Waals surface area (Å²) in [6.45, 7) is 0. The Morgan fingerprint density at radius 1 is 0.900 bits per heavy atom. The molecule has 1 aromatic rings. The Morgan fingerprint density at radius 3 is 2.15 bits per heavy atom. The highest BCUT2D eigenvalue weighted by atomic mass is 16.4. The molecule has 110 valence electrons. The first kappa shape index (κ1) is 16.5. The fraction of sp³-hybridized carbons (Fsp3) is 0.500. The van der Waals surface area contributed by atoms with Gasteiger partial charge in [0.2, 0.25) is 0 Å². The number of hydrogen-bond donors (Lipinski definition) is 1. The molecular weight excluding hydrogens is 248 g/mol. The molecule has 2 heteroatoms. The maximum Gasteiger partial charge on any atom is 0.303 e. The average molecular weight is 274 g/mol. The molecule has 0 unspecified atom stereocenters. The van der Waals surface area contributed by atoms with Gasteiger partial charge in [-0.1, -0.05) is 74.6 Å². The Morgan fingerprint density at radius 2 is 1.50 bits per heavy atom. The summed E-state index contributed by atoms with van der Waals surface area (Å²) < 4.78 is 0. The van der Waals surface area contributed by atoms with Crippen LogP contribution in [0.25, 0.3) is 6.08 Å². The van der Waals surface area contributed by atoms with Crippen molar-refractivity contribution in [3.05, 3.63) is 42.0 Å². The largest absolute Gasteiger partial charge is 0.481 e. The van der Waals surface area contributed by atoms with E-state index in [2.05, 4.69) is 36.4 Å². The highest BCUT2D eigenvalue weighted by Crippen LogP contribution is 2.10. The summed E-state index contributed by atoms with van der Waals surface area (Å²) >= 11 is 0. The molecule has 0 aliphatic heterocycles. The van der Waals surface area contributed by atoms with E-state index in [0.717, 1.165) is 19.3 Å². The van der Waals surface area contributed by atoms with Crippen LogP contribution in [0.4, 0.5) is 0 Å². The van der Waals surface area contributed by atoms with E-state index >= 15 is 0 Å². The van der Waals surface area contributed by atoms with Crippen LogP contribution in [0.3, 0.4) is 0 Å². The molecule has 0 atom stereocenters. The normalized spacial score (nSPS) is 11.0. The minimum atomic E-state index is -0.671. The first-order chi connectivity index (χ1) is 9.79. The minimum absolute atomic E-state index is 0.324. The third-order valence-electron chi connectivity index (χ3n) is 3.37. The molecule has 2 nitrogen and oxygen atoms in total. The first-order valence-electron chi connectivity index (χ1n) is 7.72. The zero-order chi connectivity index (χ0) is 14.5. The van der Waals surface area contributed by atoms with Crippen LogP contribution in [-0.2, 0) is 4.79 Å². The second-order valence-corrected chi connectivity index (χ2v) is 5.22. The number of allylic oxidation sites excluding steroid dienone is 1. The monoisotopic (exact) mass is 274 g/mol. The third kappa shape index (κ3) is 9.37.